The zero-order chi connectivity index (χ0) is 14.1. The summed E-state index contributed by atoms with van der Waals surface area (Å²) in [6, 6.07) is 1.55. The van der Waals surface area contributed by atoms with E-state index in [0.29, 0.717) is 19.1 Å². The number of hydrogen-bond donors (Lipinski definition) is 2. The molecule has 0 spiro atoms. The normalized spacial score (nSPS) is 15.7. The van der Waals surface area contributed by atoms with E-state index < -0.39 is 17.4 Å². The molecule has 0 amide bonds. The molecule has 0 aliphatic heterocycles. The number of nitrogens with two attached hydrogens (primary N) is 2. The van der Waals surface area contributed by atoms with Gasteiger partial charge in [-0.2, -0.15) is 0 Å². The molecular formula is C10H28N2O4Si2. The largest absolute Gasteiger partial charge is 0.491 e. The minimum Gasteiger partial charge on any atom is -0.398 e. The molecule has 0 heterocycles. The van der Waals surface area contributed by atoms with Crippen LogP contribution >= 0.6 is 0 Å². The molecule has 0 bridgehead atoms. The van der Waals surface area contributed by atoms with Crippen LogP contribution in [0.15, 0.2) is 0 Å². The van der Waals surface area contributed by atoms with Gasteiger partial charge in [-0.25, -0.2) is 0 Å². The topological polar surface area (TPSA) is 89.0 Å². The molecule has 4 N–H and O–H groups in total. The molecule has 0 aromatic rings. The van der Waals surface area contributed by atoms with E-state index in [1.54, 1.807) is 21.3 Å². The second-order valence-corrected chi connectivity index (χ2v) is 11.0. The van der Waals surface area contributed by atoms with Crippen LogP contribution in [0.1, 0.15) is 12.8 Å². The number of rotatable bonds is 11. The fourth-order valence-electron chi connectivity index (χ4n) is 1.69. The molecule has 0 aromatic carbocycles. The Balaban J connectivity index is 4.69. The summed E-state index contributed by atoms with van der Waals surface area (Å²) in [4.78, 5) is 0. The average Bonchev–Trinajstić information content (AvgIpc) is 2.41. The van der Waals surface area contributed by atoms with Crippen molar-refractivity contribution in [2.45, 2.75) is 31.5 Å². The number of hydrogen-bond acceptors (Lipinski definition) is 6. The highest BCUT2D eigenvalue weighted by molar-refractivity contribution is 6.77. The Morgan fingerprint density at radius 2 is 1.33 bits per heavy atom. The molecule has 0 radical (unpaired) electrons. The first-order chi connectivity index (χ1) is 8.51. The molecule has 0 aliphatic rings. The van der Waals surface area contributed by atoms with Gasteiger partial charge in [0.2, 0.25) is 0 Å². The molecule has 110 valence electrons. The van der Waals surface area contributed by atoms with E-state index in [-0.39, 0.29) is 0 Å². The van der Waals surface area contributed by atoms with Crippen LogP contribution in [0.3, 0.4) is 0 Å². The lowest BCUT2D eigenvalue weighted by Gasteiger charge is -2.35. The maximum Gasteiger partial charge on any atom is 0.491 e. The van der Waals surface area contributed by atoms with Crippen LogP contribution < -0.4 is 11.5 Å². The van der Waals surface area contributed by atoms with Gasteiger partial charge in [0.25, 0.3) is 0 Å². The van der Waals surface area contributed by atoms with Crippen LogP contribution in [0.4, 0.5) is 0 Å². The molecule has 0 saturated carbocycles. The van der Waals surface area contributed by atoms with Crippen molar-refractivity contribution in [3.8, 4) is 0 Å². The minimum absolute atomic E-state index is 0.596. The van der Waals surface area contributed by atoms with E-state index in [1.165, 1.54) is 0 Å². The van der Waals surface area contributed by atoms with Gasteiger partial charge in [0.05, 0.1) is 0 Å². The minimum atomic E-state index is -2.65. The van der Waals surface area contributed by atoms with E-state index in [2.05, 4.69) is 0 Å². The summed E-state index contributed by atoms with van der Waals surface area (Å²) in [6.07, 6.45) is 1.70. The highest BCUT2D eigenvalue weighted by Gasteiger charge is 2.46. The summed E-state index contributed by atoms with van der Waals surface area (Å²) in [5.41, 5.74) is 11.1. The molecule has 8 heteroatoms. The Labute approximate surface area is 113 Å². The predicted molar refractivity (Wildman–Crippen MR) is 76.4 cm³/mol. The summed E-state index contributed by atoms with van der Waals surface area (Å²) in [6.45, 7) is 3.25. The maximum atomic E-state index is 6.18. The van der Waals surface area contributed by atoms with E-state index >= 15 is 0 Å². The molecule has 0 fully saturated rings. The van der Waals surface area contributed by atoms with Crippen molar-refractivity contribution in [2.24, 2.45) is 11.5 Å². The van der Waals surface area contributed by atoms with Gasteiger partial charge in [-0.3, -0.25) is 0 Å². The SMILES string of the molecule is CO[Si](C)(CCCN)O[Si](CCCN)(OC)OC. The Morgan fingerprint density at radius 1 is 0.833 bits per heavy atom. The summed E-state index contributed by atoms with van der Waals surface area (Å²) < 4.78 is 22.8. The van der Waals surface area contributed by atoms with Gasteiger partial charge in [-0.15, -0.1) is 0 Å². The van der Waals surface area contributed by atoms with Gasteiger partial charge in [-0.1, -0.05) is 0 Å². The Bertz CT molecular complexity index is 220. The second-order valence-electron chi connectivity index (χ2n) is 4.32. The van der Waals surface area contributed by atoms with Crippen molar-refractivity contribution in [2.75, 3.05) is 34.4 Å². The van der Waals surface area contributed by atoms with Crippen LogP contribution in [0.2, 0.25) is 18.6 Å². The molecule has 1 unspecified atom stereocenters. The summed E-state index contributed by atoms with van der Waals surface area (Å²) >= 11 is 0. The van der Waals surface area contributed by atoms with E-state index in [9.17, 15) is 0 Å². The maximum absolute atomic E-state index is 6.18. The molecule has 6 nitrogen and oxygen atoms in total. The molecule has 0 rings (SSSR count). The zero-order valence-corrected chi connectivity index (χ0v) is 14.0. The first-order valence-corrected chi connectivity index (χ1v) is 10.7. The zero-order valence-electron chi connectivity index (χ0n) is 12.0. The quantitative estimate of drug-likeness (QED) is 0.544. The lowest BCUT2D eigenvalue weighted by molar-refractivity contribution is 0.135. The van der Waals surface area contributed by atoms with Crippen LogP contribution in [0.25, 0.3) is 0 Å². The van der Waals surface area contributed by atoms with Crippen molar-refractivity contribution < 1.29 is 17.4 Å². The monoisotopic (exact) mass is 296 g/mol. The second kappa shape index (κ2) is 9.15. The summed E-state index contributed by atoms with van der Waals surface area (Å²) in [5, 5.41) is 0. The highest BCUT2D eigenvalue weighted by atomic mass is 28.5. The Morgan fingerprint density at radius 3 is 1.72 bits per heavy atom. The van der Waals surface area contributed by atoms with Crippen LogP contribution in [-0.4, -0.2) is 51.8 Å². The van der Waals surface area contributed by atoms with Gasteiger partial charge in [0, 0.05) is 27.4 Å². The van der Waals surface area contributed by atoms with E-state index in [0.717, 1.165) is 18.9 Å². The predicted octanol–water partition coefficient (Wildman–Crippen LogP) is 0.651. The fraction of sp³-hybridized carbons (Fsp3) is 1.00. The fourth-order valence-corrected chi connectivity index (χ4v) is 8.40. The van der Waals surface area contributed by atoms with Gasteiger partial charge in [0.15, 0.2) is 0 Å². The first-order valence-electron chi connectivity index (χ1n) is 6.27. The third kappa shape index (κ3) is 5.89. The summed E-state index contributed by atoms with van der Waals surface area (Å²) in [7, 11) is -0.00963. The first kappa shape index (κ1) is 18.2. The molecule has 18 heavy (non-hydrogen) atoms. The van der Waals surface area contributed by atoms with Crippen LogP contribution in [0.5, 0.6) is 0 Å². The van der Waals surface area contributed by atoms with Crippen molar-refractivity contribution in [3.05, 3.63) is 0 Å². The van der Waals surface area contributed by atoms with Crippen molar-refractivity contribution in [3.63, 3.8) is 0 Å². The molecule has 0 aromatic heterocycles. The molecular weight excluding hydrogens is 268 g/mol. The standard InChI is InChI=1S/C10H28N2O4Si2/c1-13-17(4,9-5-7-11)16-18(14-2,15-3)10-6-8-12/h5-12H2,1-4H3. The lowest BCUT2D eigenvalue weighted by atomic mass is 10.5. The Hall–Kier alpha value is 0.194. The smallest absolute Gasteiger partial charge is 0.398 e. The van der Waals surface area contributed by atoms with Crippen molar-refractivity contribution in [1.29, 1.82) is 0 Å². The van der Waals surface area contributed by atoms with E-state index in [4.69, 9.17) is 28.9 Å². The van der Waals surface area contributed by atoms with Gasteiger partial charge < -0.3 is 28.9 Å². The summed E-state index contributed by atoms with van der Waals surface area (Å²) in [5.74, 6) is 0. The molecule has 1 atom stereocenters. The molecule has 0 aliphatic carbocycles. The third-order valence-electron chi connectivity index (χ3n) is 2.95. The average molecular weight is 297 g/mol. The Kier molecular flexibility index (Phi) is 9.25. The highest BCUT2D eigenvalue weighted by Crippen LogP contribution is 2.25. The van der Waals surface area contributed by atoms with Gasteiger partial charge >= 0.3 is 17.4 Å². The van der Waals surface area contributed by atoms with E-state index in [1.807, 2.05) is 6.55 Å². The van der Waals surface area contributed by atoms with Crippen LogP contribution in [-0.2, 0) is 17.4 Å². The molecule has 0 saturated heterocycles. The van der Waals surface area contributed by atoms with Crippen molar-refractivity contribution in [1.82, 2.24) is 0 Å². The van der Waals surface area contributed by atoms with Gasteiger partial charge in [-0.05, 0) is 38.5 Å². The van der Waals surface area contributed by atoms with Crippen molar-refractivity contribution >= 4 is 17.4 Å². The third-order valence-corrected chi connectivity index (χ3v) is 10.3. The van der Waals surface area contributed by atoms with Crippen LogP contribution in [0, 0.1) is 0 Å². The lowest BCUT2D eigenvalue weighted by Crippen LogP contribution is -2.54. The van der Waals surface area contributed by atoms with Gasteiger partial charge in [0.1, 0.15) is 0 Å².